The molecular formula is C16H20O. The molecule has 1 aromatic rings. The summed E-state index contributed by atoms with van der Waals surface area (Å²) in [5, 5.41) is 0. The molecule has 3 rings (SSSR count). The number of hydrogen-bond donors (Lipinski definition) is 0. The Bertz CT molecular complexity index is 415. The summed E-state index contributed by atoms with van der Waals surface area (Å²) in [5.74, 6) is 1.42. The minimum Gasteiger partial charge on any atom is -0.294 e. The predicted molar refractivity (Wildman–Crippen MR) is 69.2 cm³/mol. The van der Waals surface area contributed by atoms with Gasteiger partial charge in [-0.3, -0.25) is 4.79 Å². The fourth-order valence-corrected chi connectivity index (χ4v) is 3.61. The van der Waals surface area contributed by atoms with Crippen molar-refractivity contribution in [3.63, 3.8) is 0 Å². The summed E-state index contributed by atoms with van der Waals surface area (Å²) in [4.78, 5) is 12.5. The minimum absolute atomic E-state index is 0.324. The monoisotopic (exact) mass is 228 g/mol. The number of Topliss-reactive ketones (excluding diaryl/α,β-unsaturated/α-hetero) is 1. The number of benzene rings is 1. The molecule has 0 amide bonds. The van der Waals surface area contributed by atoms with Gasteiger partial charge in [0.15, 0.2) is 5.78 Å². The van der Waals surface area contributed by atoms with Crippen LogP contribution >= 0.6 is 0 Å². The van der Waals surface area contributed by atoms with E-state index < -0.39 is 0 Å². The van der Waals surface area contributed by atoms with E-state index in [4.69, 9.17) is 0 Å². The molecule has 1 nitrogen and oxygen atoms in total. The number of aryl methyl sites for hydroxylation is 1. The molecule has 0 aliphatic heterocycles. The Hall–Kier alpha value is -1.11. The van der Waals surface area contributed by atoms with E-state index in [9.17, 15) is 4.79 Å². The normalized spacial score (nSPS) is 25.6. The molecule has 1 atom stereocenters. The zero-order valence-corrected chi connectivity index (χ0v) is 10.3. The molecule has 1 fully saturated rings. The van der Waals surface area contributed by atoms with E-state index in [0.29, 0.717) is 17.6 Å². The molecule has 17 heavy (non-hydrogen) atoms. The van der Waals surface area contributed by atoms with Crippen molar-refractivity contribution in [2.45, 2.75) is 44.9 Å². The maximum absolute atomic E-state index is 12.5. The second kappa shape index (κ2) is 4.64. The highest BCUT2D eigenvalue weighted by atomic mass is 16.1. The predicted octanol–water partition coefficient (Wildman–Crippen LogP) is 4.01. The molecule has 2 aliphatic carbocycles. The van der Waals surface area contributed by atoms with Gasteiger partial charge in [-0.25, -0.2) is 0 Å². The third kappa shape index (κ3) is 2.03. The maximum atomic E-state index is 12.5. The highest BCUT2D eigenvalue weighted by Gasteiger charge is 2.33. The molecule has 0 unspecified atom stereocenters. The SMILES string of the molecule is O=C1c2ccccc2CC[C@H]1C1CCCCC1. The van der Waals surface area contributed by atoms with Gasteiger partial charge in [-0.05, 0) is 37.2 Å². The maximum Gasteiger partial charge on any atom is 0.166 e. The number of carbonyl (C=O) groups is 1. The van der Waals surface area contributed by atoms with E-state index in [2.05, 4.69) is 6.07 Å². The largest absolute Gasteiger partial charge is 0.294 e. The molecule has 0 bridgehead atoms. The molecular weight excluding hydrogens is 208 g/mol. The van der Waals surface area contributed by atoms with Crippen LogP contribution in [0.3, 0.4) is 0 Å². The van der Waals surface area contributed by atoms with Gasteiger partial charge in [0.25, 0.3) is 0 Å². The summed E-state index contributed by atoms with van der Waals surface area (Å²) < 4.78 is 0. The van der Waals surface area contributed by atoms with E-state index in [1.165, 1.54) is 37.7 Å². The summed E-state index contributed by atoms with van der Waals surface area (Å²) in [7, 11) is 0. The van der Waals surface area contributed by atoms with Gasteiger partial charge in [0.05, 0.1) is 0 Å². The second-order valence-corrected chi connectivity index (χ2v) is 5.56. The number of carbonyl (C=O) groups excluding carboxylic acids is 1. The fraction of sp³-hybridized carbons (Fsp3) is 0.562. The van der Waals surface area contributed by atoms with Crippen LogP contribution in [0, 0.1) is 11.8 Å². The van der Waals surface area contributed by atoms with Crippen LogP contribution in [0.1, 0.15) is 54.4 Å². The Morgan fingerprint density at radius 1 is 0.941 bits per heavy atom. The number of fused-ring (bicyclic) bond motifs is 1. The van der Waals surface area contributed by atoms with Gasteiger partial charge in [0.2, 0.25) is 0 Å². The standard InChI is InChI=1S/C16H20O/c17-16-14-9-5-4-8-13(14)10-11-15(16)12-6-2-1-3-7-12/h4-5,8-9,12,15H,1-3,6-7,10-11H2/t15-/m0/s1. The zero-order chi connectivity index (χ0) is 11.7. The number of hydrogen-bond acceptors (Lipinski definition) is 1. The first-order valence-electron chi connectivity index (χ1n) is 6.98. The summed E-state index contributed by atoms with van der Waals surface area (Å²) >= 11 is 0. The van der Waals surface area contributed by atoms with Gasteiger partial charge < -0.3 is 0 Å². The van der Waals surface area contributed by atoms with E-state index in [1.807, 2.05) is 18.2 Å². The average molecular weight is 228 g/mol. The van der Waals surface area contributed by atoms with E-state index in [-0.39, 0.29) is 0 Å². The van der Waals surface area contributed by atoms with Crippen LogP contribution in [0.15, 0.2) is 24.3 Å². The molecule has 0 heterocycles. The zero-order valence-electron chi connectivity index (χ0n) is 10.3. The lowest BCUT2D eigenvalue weighted by Crippen LogP contribution is -2.30. The van der Waals surface area contributed by atoms with E-state index >= 15 is 0 Å². The lowest BCUT2D eigenvalue weighted by Gasteiger charge is -2.32. The molecule has 0 radical (unpaired) electrons. The van der Waals surface area contributed by atoms with Gasteiger partial charge in [-0.2, -0.15) is 0 Å². The third-order valence-electron chi connectivity index (χ3n) is 4.56. The number of rotatable bonds is 1. The average Bonchev–Trinajstić information content (AvgIpc) is 2.40. The highest BCUT2D eigenvalue weighted by Crippen LogP contribution is 2.37. The van der Waals surface area contributed by atoms with Crippen molar-refractivity contribution in [1.29, 1.82) is 0 Å². The first-order chi connectivity index (χ1) is 8.36. The summed E-state index contributed by atoms with van der Waals surface area (Å²) in [6.45, 7) is 0. The van der Waals surface area contributed by atoms with Crippen LogP contribution in [0.2, 0.25) is 0 Å². The lowest BCUT2D eigenvalue weighted by molar-refractivity contribution is 0.0819. The molecule has 0 aromatic heterocycles. The molecule has 0 spiro atoms. The van der Waals surface area contributed by atoms with Gasteiger partial charge in [-0.15, -0.1) is 0 Å². The van der Waals surface area contributed by atoms with Crippen molar-refractivity contribution >= 4 is 5.78 Å². The fourth-order valence-electron chi connectivity index (χ4n) is 3.61. The Morgan fingerprint density at radius 3 is 2.53 bits per heavy atom. The van der Waals surface area contributed by atoms with Crippen molar-refractivity contribution in [2.75, 3.05) is 0 Å². The Balaban J connectivity index is 1.83. The van der Waals surface area contributed by atoms with E-state index in [0.717, 1.165) is 18.4 Å². The molecule has 2 aliphatic rings. The van der Waals surface area contributed by atoms with Crippen molar-refractivity contribution in [2.24, 2.45) is 11.8 Å². The van der Waals surface area contributed by atoms with Crippen LogP contribution in [-0.4, -0.2) is 5.78 Å². The second-order valence-electron chi connectivity index (χ2n) is 5.56. The topological polar surface area (TPSA) is 17.1 Å². The van der Waals surface area contributed by atoms with Gasteiger partial charge in [-0.1, -0.05) is 43.5 Å². The number of ketones is 1. The highest BCUT2D eigenvalue weighted by molar-refractivity contribution is 6.00. The van der Waals surface area contributed by atoms with Crippen LogP contribution in [0.4, 0.5) is 0 Å². The molecule has 1 aromatic carbocycles. The van der Waals surface area contributed by atoms with Gasteiger partial charge in [0.1, 0.15) is 0 Å². The first-order valence-corrected chi connectivity index (χ1v) is 6.98. The van der Waals surface area contributed by atoms with E-state index in [1.54, 1.807) is 0 Å². The van der Waals surface area contributed by atoms with Crippen LogP contribution in [0.25, 0.3) is 0 Å². The summed E-state index contributed by atoms with van der Waals surface area (Å²) in [6.07, 6.45) is 8.76. The third-order valence-corrected chi connectivity index (χ3v) is 4.56. The van der Waals surface area contributed by atoms with Crippen LogP contribution < -0.4 is 0 Å². The molecule has 90 valence electrons. The molecule has 0 N–H and O–H groups in total. The van der Waals surface area contributed by atoms with Gasteiger partial charge >= 0.3 is 0 Å². The quantitative estimate of drug-likeness (QED) is 0.709. The molecule has 1 saturated carbocycles. The Kier molecular flexibility index (Phi) is 3.00. The van der Waals surface area contributed by atoms with Crippen molar-refractivity contribution < 1.29 is 4.79 Å². The van der Waals surface area contributed by atoms with Crippen LogP contribution in [-0.2, 0) is 6.42 Å². The Labute approximate surface area is 103 Å². The smallest absolute Gasteiger partial charge is 0.166 e. The van der Waals surface area contributed by atoms with Gasteiger partial charge in [0, 0.05) is 11.5 Å². The lowest BCUT2D eigenvalue weighted by atomic mass is 9.71. The summed E-state index contributed by atoms with van der Waals surface area (Å²) in [6, 6.07) is 8.18. The van der Waals surface area contributed by atoms with Crippen LogP contribution in [0.5, 0.6) is 0 Å². The van der Waals surface area contributed by atoms with Crippen molar-refractivity contribution in [3.8, 4) is 0 Å². The van der Waals surface area contributed by atoms with Crippen molar-refractivity contribution in [1.82, 2.24) is 0 Å². The Morgan fingerprint density at radius 2 is 1.71 bits per heavy atom. The van der Waals surface area contributed by atoms with Crippen molar-refractivity contribution in [3.05, 3.63) is 35.4 Å². The molecule has 1 heteroatoms. The first kappa shape index (κ1) is 11.0. The molecule has 0 saturated heterocycles. The minimum atomic E-state index is 0.324. The summed E-state index contributed by atoms with van der Waals surface area (Å²) in [5.41, 5.74) is 2.28.